The second kappa shape index (κ2) is 10.9. The van der Waals surface area contributed by atoms with Crippen LogP contribution in [0.3, 0.4) is 0 Å². The van der Waals surface area contributed by atoms with Gasteiger partial charge >= 0.3 is 0 Å². The van der Waals surface area contributed by atoms with E-state index in [0.717, 1.165) is 30.1 Å². The summed E-state index contributed by atoms with van der Waals surface area (Å²) in [5, 5.41) is 10.2. The number of halogens is 2. The van der Waals surface area contributed by atoms with Crippen LogP contribution in [0, 0.1) is 23.7 Å². The van der Waals surface area contributed by atoms with Crippen LogP contribution < -0.4 is 4.74 Å². The van der Waals surface area contributed by atoms with Gasteiger partial charge in [-0.2, -0.15) is 0 Å². The molecule has 8 rings (SSSR count). The van der Waals surface area contributed by atoms with E-state index in [0.29, 0.717) is 42.6 Å². The van der Waals surface area contributed by atoms with E-state index in [-0.39, 0.29) is 30.0 Å². The van der Waals surface area contributed by atoms with E-state index in [9.17, 15) is 24.3 Å². The number of phenolic OH excluding ortho intramolecular Hbond substituents is 1. The molecule has 6 unspecified atom stereocenters. The number of phenols is 1. The predicted octanol–water partition coefficient (Wildman–Crippen LogP) is 4.40. The third-order valence-electron chi connectivity index (χ3n) is 11.4. The summed E-state index contributed by atoms with van der Waals surface area (Å²) in [6, 6.07) is 14.8. The van der Waals surface area contributed by atoms with E-state index in [4.69, 9.17) is 27.9 Å². The van der Waals surface area contributed by atoms with Crippen LogP contribution >= 0.6 is 23.2 Å². The van der Waals surface area contributed by atoms with Gasteiger partial charge in [0.15, 0.2) is 9.75 Å². The number of nitrogens with zero attached hydrogens (tertiary/aromatic N) is 3. The quantitative estimate of drug-likeness (QED) is 0.291. The Morgan fingerprint density at radius 1 is 0.957 bits per heavy atom. The molecule has 1 N–H and O–H groups in total. The number of hydrogen-bond acceptors (Lipinski definition) is 7. The summed E-state index contributed by atoms with van der Waals surface area (Å²) >= 11 is 14.6. The normalized spacial score (nSPS) is 33.9. The van der Waals surface area contributed by atoms with Gasteiger partial charge in [-0.3, -0.25) is 33.9 Å². The van der Waals surface area contributed by atoms with E-state index in [2.05, 4.69) is 17.0 Å². The van der Waals surface area contributed by atoms with Crippen molar-refractivity contribution in [3.63, 3.8) is 0 Å². The van der Waals surface area contributed by atoms with Gasteiger partial charge in [-0.25, -0.2) is 0 Å². The summed E-state index contributed by atoms with van der Waals surface area (Å²) in [4.78, 5) is 57.2. The van der Waals surface area contributed by atoms with Crippen molar-refractivity contribution in [2.75, 3.05) is 20.1 Å². The van der Waals surface area contributed by atoms with Gasteiger partial charge in [0.1, 0.15) is 11.5 Å². The maximum absolute atomic E-state index is 14.4. The van der Waals surface area contributed by atoms with Crippen molar-refractivity contribution in [3.8, 4) is 11.5 Å². The number of carbonyl (C=O) groups is 4. The Labute approximate surface area is 282 Å². The maximum Gasteiger partial charge on any atom is 0.253 e. The lowest BCUT2D eigenvalue weighted by molar-refractivity contribution is -0.144. The number of fused-ring (bicyclic) bond motifs is 5. The second-order valence-electron chi connectivity index (χ2n) is 13.8. The molecule has 2 aromatic carbocycles. The summed E-state index contributed by atoms with van der Waals surface area (Å²) in [7, 11) is 1.38. The zero-order chi connectivity index (χ0) is 32.8. The zero-order valence-corrected chi connectivity index (χ0v) is 27.4. The lowest BCUT2D eigenvalue weighted by atomic mass is 9.56. The molecule has 0 aromatic heterocycles. The van der Waals surface area contributed by atoms with Crippen LogP contribution in [-0.4, -0.2) is 79.4 Å². The summed E-state index contributed by atoms with van der Waals surface area (Å²) in [5.41, 5.74) is 3.29. The fourth-order valence-electron chi connectivity index (χ4n) is 9.12. The molecule has 2 aromatic rings. The van der Waals surface area contributed by atoms with Gasteiger partial charge in [0, 0.05) is 50.6 Å². The maximum atomic E-state index is 14.4. The van der Waals surface area contributed by atoms with Crippen LogP contribution in [0.5, 0.6) is 11.5 Å². The van der Waals surface area contributed by atoms with Crippen molar-refractivity contribution in [1.29, 1.82) is 0 Å². The first-order valence-electron chi connectivity index (χ1n) is 16.2. The molecular weight excluding hydrogens is 641 g/mol. The summed E-state index contributed by atoms with van der Waals surface area (Å²) in [5.74, 6) is -3.70. The monoisotopic (exact) mass is 675 g/mol. The topological polar surface area (TPSA) is 107 Å². The van der Waals surface area contributed by atoms with Gasteiger partial charge in [-0.1, -0.05) is 42.0 Å². The first kappa shape index (κ1) is 30.7. The van der Waals surface area contributed by atoms with Gasteiger partial charge in [0.2, 0.25) is 11.8 Å². The highest BCUT2D eigenvalue weighted by molar-refractivity contribution is 6.53. The number of aromatic hydroxyl groups is 1. The van der Waals surface area contributed by atoms with Gasteiger partial charge in [-0.15, -0.1) is 23.2 Å². The highest BCUT2D eigenvalue weighted by Gasteiger charge is 2.76. The number of amides is 4. The van der Waals surface area contributed by atoms with Crippen molar-refractivity contribution in [2.45, 2.75) is 54.4 Å². The molecule has 6 atom stereocenters. The molecule has 4 aliphatic heterocycles. The van der Waals surface area contributed by atoms with Crippen LogP contribution in [0.25, 0.3) is 0 Å². The molecule has 2 aliphatic carbocycles. The third kappa shape index (κ3) is 4.39. The largest absolute Gasteiger partial charge is 0.508 e. The molecule has 6 aliphatic rings. The number of likely N-dealkylation sites (tertiary alicyclic amines) is 3. The smallest absolute Gasteiger partial charge is 0.253 e. The molecule has 11 heteroatoms. The minimum absolute atomic E-state index is 0.0373. The Hall–Kier alpha value is -3.66. The van der Waals surface area contributed by atoms with Crippen LogP contribution in [0.15, 0.2) is 72.0 Å². The van der Waals surface area contributed by atoms with E-state index in [1.807, 2.05) is 24.3 Å². The highest BCUT2D eigenvalue weighted by Crippen LogP contribution is 2.64. The minimum Gasteiger partial charge on any atom is -0.508 e. The lowest BCUT2D eigenvalue weighted by Crippen LogP contribution is -2.61. The Kier molecular flexibility index (Phi) is 7.13. The SMILES string of the molecule is CN1C(=O)C2(Cl)CC3C(=CCC4C(=O)N(C5CCN(Cc6ccccc6)CC5)C(=O)C43)C(C3=COc4ccc(O)cc4C3)C2(Cl)C1=O. The summed E-state index contributed by atoms with van der Waals surface area (Å²) in [6.45, 7) is 2.36. The van der Waals surface area contributed by atoms with Crippen molar-refractivity contribution in [2.24, 2.45) is 23.7 Å². The van der Waals surface area contributed by atoms with E-state index in [1.54, 1.807) is 18.4 Å². The number of piperidine rings is 1. The van der Waals surface area contributed by atoms with Gasteiger partial charge in [0.25, 0.3) is 11.8 Å². The molecule has 244 valence electrons. The third-order valence-corrected chi connectivity index (χ3v) is 12.8. The fourth-order valence-corrected chi connectivity index (χ4v) is 10.2. The van der Waals surface area contributed by atoms with Crippen molar-refractivity contribution in [3.05, 3.63) is 83.1 Å². The average molecular weight is 677 g/mol. The van der Waals surface area contributed by atoms with Gasteiger partial charge in [0.05, 0.1) is 18.1 Å². The van der Waals surface area contributed by atoms with E-state index < -0.39 is 45.2 Å². The molecule has 47 heavy (non-hydrogen) atoms. The van der Waals surface area contributed by atoms with Gasteiger partial charge in [-0.05, 0) is 60.9 Å². The number of ether oxygens (including phenoxy) is 1. The number of carbonyl (C=O) groups excluding carboxylic acids is 4. The Morgan fingerprint density at radius 3 is 2.45 bits per heavy atom. The molecule has 9 nitrogen and oxygen atoms in total. The Bertz CT molecular complexity index is 1770. The molecule has 0 spiro atoms. The van der Waals surface area contributed by atoms with Crippen LogP contribution in [0.2, 0.25) is 0 Å². The number of benzene rings is 2. The summed E-state index contributed by atoms with van der Waals surface area (Å²) in [6.07, 6.45) is 5.46. The van der Waals surface area contributed by atoms with Crippen molar-refractivity contribution < 1.29 is 29.0 Å². The molecule has 4 amide bonds. The summed E-state index contributed by atoms with van der Waals surface area (Å²) < 4.78 is 5.96. The standard InChI is InChI=1S/C36H35Cl2N3O6/c1-39-33(45)35(37)17-27-25(30(36(35,38)34(39)46)22-15-21-16-24(42)7-10-28(21)47-19-22)8-9-26-29(27)32(44)41(31(26)43)23-11-13-40(14-12-23)18-20-5-3-2-4-6-20/h2-8,10,16,19,23,26-27,29-30,42H,9,11-15,17-18H2,1H3. The molecule has 0 radical (unpaired) electrons. The number of hydrogen-bond donors (Lipinski definition) is 1. The molecule has 3 saturated heterocycles. The lowest BCUT2D eigenvalue weighted by Gasteiger charge is -2.51. The number of allylic oxidation sites excluding steroid dienone is 3. The molecule has 4 heterocycles. The Morgan fingerprint density at radius 2 is 1.70 bits per heavy atom. The van der Waals surface area contributed by atoms with E-state index in [1.165, 1.54) is 23.6 Å². The van der Waals surface area contributed by atoms with Gasteiger partial charge < -0.3 is 9.84 Å². The highest BCUT2D eigenvalue weighted by atomic mass is 35.5. The fraction of sp³-hybridized carbons (Fsp3) is 0.444. The molecular formula is C36H35Cl2N3O6. The number of alkyl halides is 2. The average Bonchev–Trinajstić information content (AvgIpc) is 3.40. The number of rotatable bonds is 4. The first-order valence-corrected chi connectivity index (χ1v) is 17.0. The predicted molar refractivity (Wildman–Crippen MR) is 173 cm³/mol. The molecule has 0 bridgehead atoms. The minimum atomic E-state index is -1.87. The van der Waals surface area contributed by atoms with Crippen LogP contribution in [0.4, 0.5) is 0 Å². The molecule has 4 fully saturated rings. The Balaban J connectivity index is 1.11. The second-order valence-corrected chi connectivity index (χ2v) is 15.1. The van der Waals surface area contributed by atoms with Crippen molar-refractivity contribution in [1.82, 2.24) is 14.7 Å². The van der Waals surface area contributed by atoms with Crippen LogP contribution in [-0.2, 0) is 32.1 Å². The van der Waals surface area contributed by atoms with E-state index >= 15 is 0 Å². The first-order chi connectivity index (χ1) is 22.5. The number of imide groups is 2. The van der Waals surface area contributed by atoms with Crippen molar-refractivity contribution >= 4 is 46.8 Å². The zero-order valence-electron chi connectivity index (χ0n) is 25.9. The molecule has 1 saturated carbocycles. The van der Waals surface area contributed by atoms with Crippen LogP contribution in [0.1, 0.15) is 36.8 Å².